The number of aromatic nitrogens is 1. The van der Waals surface area contributed by atoms with Crippen molar-refractivity contribution in [1.82, 2.24) is 4.98 Å². The summed E-state index contributed by atoms with van der Waals surface area (Å²) in [6, 6.07) is 9.35. The molecular formula is C15H8FN5O3. The van der Waals surface area contributed by atoms with E-state index in [1.807, 2.05) is 0 Å². The van der Waals surface area contributed by atoms with E-state index in [4.69, 9.17) is 5.53 Å². The maximum atomic E-state index is 14.2. The fourth-order valence-electron chi connectivity index (χ4n) is 2.46. The molecule has 0 aliphatic heterocycles. The summed E-state index contributed by atoms with van der Waals surface area (Å²) in [5.74, 6) is -0.648. The molecule has 3 rings (SSSR count). The van der Waals surface area contributed by atoms with Crippen molar-refractivity contribution in [3.63, 3.8) is 0 Å². The van der Waals surface area contributed by atoms with Gasteiger partial charge in [-0.25, -0.2) is 4.39 Å². The van der Waals surface area contributed by atoms with Gasteiger partial charge in [-0.05, 0) is 17.7 Å². The molecule has 0 saturated heterocycles. The van der Waals surface area contributed by atoms with Crippen molar-refractivity contribution in [3.8, 4) is 11.1 Å². The Balaban J connectivity index is 2.54. The molecule has 24 heavy (non-hydrogen) atoms. The number of hydrogen-bond acceptors (Lipinski definition) is 4. The third-order valence-corrected chi connectivity index (χ3v) is 3.47. The molecule has 0 aliphatic carbocycles. The number of aromatic amines is 1. The SMILES string of the molecule is [N-]=[N+]=Nc1c(-c2ccccc2F)c2cc([N+](=O)[O-])ccc2[nH]c1=O. The Kier molecular flexibility index (Phi) is 3.69. The first-order valence-corrected chi connectivity index (χ1v) is 6.67. The van der Waals surface area contributed by atoms with Crippen molar-refractivity contribution in [3.05, 3.63) is 79.2 Å². The number of non-ortho nitro benzene ring substituents is 1. The van der Waals surface area contributed by atoms with Gasteiger partial charge in [0.1, 0.15) is 11.5 Å². The minimum Gasteiger partial charge on any atom is -0.321 e. The van der Waals surface area contributed by atoms with E-state index in [0.717, 1.165) is 0 Å². The Morgan fingerprint density at radius 1 is 1.25 bits per heavy atom. The van der Waals surface area contributed by atoms with Crippen molar-refractivity contribution < 1.29 is 9.31 Å². The molecular weight excluding hydrogens is 317 g/mol. The summed E-state index contributed by atoms with van der Waals surface area (Å²) in [5.41, 5.74) is 7.68. The molecule has 2 aromatic carbocycles. The fourth-order valence-corrected chi connectivity index (χ4v) is 2.46. The summed E-state index contributed by atoms with van der Waals surface area (Å²) in [6.45, 7) is 0. The molecule has 1 aromatic heterocycles. The van der Waals surface area contributed by atoms with Crippen LogP contribution in [0.25, 0.3) is 32.5 Å². The van der Waals surface area contributed by atoms with Crippen LogP contribution in [0.2, 0.25) is 0 Å². The van der Waals surface area contributed by atoms with Gasteiger partial charge in [-0.3, -0.25) is 14.9 Å². The number of nitro groups is 1. The number of nitrogens with zero attached hydrogens (tertiary/aromatic N) is 4. The van der Waals surface area contributed by atoms with Crippen molar-refractivity contribution in [2.75, 3.05) is 0 Å². The smallest absolute Gasteiger partial charge is 0.270 e. The zero-order chi connectivity index (χ0) is 17.3. The minimum atomic E-state index is -0.715. The standard InChI is InChI=1S/C15H8FN5O3/c16-11-4-2-1-3-9(11)13-10-7-8(21(23)24)5-6-12(10)18-15(22)14(13)19-20-17/h1-7H,(H,18,22). The highest BCUT2D eigenvalue weighted by Crippen LogP contribution is 2.36. The van der Waals surface area contributed by atoms with Crippen LogP contribution in [0.3, 0.4) is 0 Å². The van der Waals surface area contributed by atoms with E-state index in [0.29, 0.717) is 0 Å². The minimum absolute atomic E-state index is 0.00773. The topological polar surface area (TPSA) is 125 Å². The van der Waals surface area contributed by atoms with Gasteiger partial charge in [0.25, 0.3) is 11.2 Å². The van der Waals surface area contributed by atoms with Crippen molar-refractivity contribution >= 4 is 22.3 Å². The molecule has 0 bridgehead atoms. The van der Waals surface area contributed by atoms with Crippen LogP contribution < -0.4 is 5.56 Å². The predicted molar refractivity (Wildman–Crippen MR) is 85.4 cm³/mol. The van der Waals surface area contributed by atoms with E-state index in [-0.39, 0.29) is 33.4 Å². The van der Waals surface area contributed by atoms with E-state index in [9.17, 15) is 19.3 Å². The molecule has 0 saturated carbocycles. The van der Waals surface area contributed by atoms with Crippen LogP contribution in [0.4, 0.5) is 15.8 Å². The molecule has 118 valence electrons. The van der Waals surface area contributed by atoms with Crippen LogP contribution in [-0.4, -0.2) is 9.91 Å². The number of nitrogens with one attached hydrogen (secondary N) is 1. The van der Waals surface area contributed by atoms with Gasteiger partial charge in [0.05, 0.1) is 4.92 Å². The lowest BCUT2D eigenvalue weighted by atomic mass is 9.98. The molecule has 1 N–H and O–H groups in total. The van der Waals surface area contributed by atoms with Crippen molar-refractivity contribution in [1.29, 1.82) is 0 Å². The van der Waals surface area contributed by atoms with E-state index < -0.39 is 16.3 Å². The summed E-state index contributed by atoms with van der Waals surface area (Å²) >= 11 is 0. The molecule has 3 aromatic rings. The third kappa shape index (κ3) is 2.44. The normalized spacial score (nSPS) is 10.4. The maximum Gasteiger partial charge on any atom is 0.270 e. The van der Waals surface area contributed by atoms with Crippen LogP contribution in [0.1, 0.15) is 0 Å². The average Bonchev–Trinajstić information content (AvgIpc) is 2.56. The van der Waals surface area contributed by atoms with Gasteiger partial charge in [0.15, 0.2) is 0 Å². The summed E-state index contributed by atoms with van der Waals surface area (Å²) in [5, 5.41) is 14.6. The highest BCUT2D eigenvalue weighted by atomic mass is 19.1. The maximum absolute atomic E-state index is 14.2. The summed E-state index contributed by atoms with van der Waals surface area (Å²) in [6.07, 6.45) is 0. The van der Waals surface area contributed by atoms with Crippen LogP contribution in [0.5, 0.6) is 0 Å². The summed E-state index contributed by atoms with van der Waals surface area (Å²) < 4.78 is 14.2. The van der Waals surface area contributed by atoms with Gasteiger partial charge >= 0.3 is 0 Å². The van der Waals surface area contributed by atoms with Gasteiger partial charge in [0.2, 0.25) is 0 Å². The zero-order valence-corrected chi connectivity index (χ0v) is 11.9. The molecule has 0 aliphatic rings. The third-order valence-electron chi connectivity index (χ3n) is 3.47. The second-order valence-electron chi connectivity index (χ2n) is 4.83. The number of rotatable bonds is 3. The number of pyridine rings is 1. The second-order valence-corrected chi connectivity index (χ2v) is 4.83. The molecule has 9 heteroatoms. The van der Waals surface area contributed by atoms with Gasteiger partial charge in [-0.15, -0.1) is 0 Å². The van der Waals surface area contributed by atoms with E-state index in [1.165, 1.54) is 36.4 Å². The number of nitro benzene ring substituents is 1. The molecule has 0 spiro atoms. The van der Waals surface area contributed by atoms with Gasteiger partial charge in [0, 0.05) is 39.1 Å². The fraction of sp³-hybridized carbons (Fsp3) is 0. The van der Waals surface area contributed by atoms with Gasteiger partial charge in [-0.1, -0.05) is 23.3 Å². The largest absolute Gasteiger partial charge is 0.321 e. The van der Waals surface area contributed by atoms with Gasteiger partial charge < -0.3 is 4.98 Å². The predicted octanol–water partition coefficient (Wildman–Crippen LogP) is 4.18. The first kappa shape index (κ1) is 15.2. The van der Waals surface area contributed by atoms with E-state index in [1.54, 1.807) is 6.07 Å². The molecule has 8 nitrogen and oxygen atoms in total. The monoisotopic (exact) mass is 325 g/mol. The molecule has 0 fully saturated rings. The van der Waals surface area contributed by atoms with E-state index in [2.05, 4.69) is 15.0 Å². The van der Waals surface area contributed by atoms with Crippen LogP contribution in [0.15, 0.2) is 52.4 Å². The number of halogens is 1. The van der Waals surface area contributed by atoms with Crippen LogP contribution in [-0.2, 0) is 0 Å². The Labute approximate surface area is 133 Å². The highest BCUT2D eigenvalue weighted by Gasteiger charge is 2.18. The Morgan fingerprint density at radius 3 is 2.67 bits per heavy atom. The molecule has 1 heterocycles. The number of fused-ring (bicyclic) bond motifs is 1. The average molecular weight is 325 g/mol. The van der Waals surface area contributed by atoms with Crippen molar-refractivity contribution in [2.24, 2.45) is 5.11 Å². The molecule has 0 atom stereocenters. The van der Waals surface area contributed by atoms with Gasteiger partial charge in [-0.2, -0.15) is 0 Å². The number of H-pyrrole nitrogens is 1. The molecule has 0 amide bonds. The first-order valence-electron chi connectivity index (χ1n) is 6.67. The Morgan fingerprint density at radius 2 is 2.00 bits per heavy atom. The summed E-state index contributed by atoms with van der Waals surface area (Å²) in [4.78, 5) is 27.6. The number of azide groups is 1. The Hall–Kier alpha value is -3.71. The molecule has 0 unspecified atom stereocenters. The highest BCUT2D eigenvalue weighted by molar-refractivity contribution is 6.00. The lowest BCUT2D eigenvalue weighted by Crippen LogP contribution is -2.07. The number of benzene rings is 2. The van der Waals surface area contributed by atoms with Crippen LogP contribution >= 0.6 is 0 Å². The summed E-state index contributed by atoms with van der Waals surface area (Å²) in [7, 11) is 0. The Bertz CT molecular complexity index is 1090. The van der Waals surface area contributed by atoms with Crippen molar-refractivity contribution in [2.45, 2.75) is 0 Å². The first-order chi connectivity index (χ1) is 11.5. The van der Waals surface area contributed by atoms with E-state index >= 15 is 0 Å². The van der Waals surface area contributed by atoms with Crippen LogP contribution in [0, 0.1) is 15.9 Å². The lowest BCUT2D eigenvalue weighted by molar-refractivity contribution is -0.384. The molecule has 0 radical (unpaired) electrons. The quantitative estimate of drug-likeness (QED) is 0.255. The number of hydrogen-bond donors (Lipinski definition) is 1. The second kappa shape index (κ2) is 5.82. The zero-order valence-electron chi connectivity index (χ0n) is 11.9. The lowest BCUT2D eigenvalue weighted by Gasteiger charge is -2.10.